The minimum Gasteiger partial charge on any atom is -0.497 e. The van der Waals surface area contributed by atoms with Gasteiger partial charge in [-0.3, -0.25) is 19.6 Å². The van der Waals surface area contributed by atoms with Crippen LogP contribution in [0.4, 0.5) is 0 Å². The summed E-state index contributed by atoms with van der Waals surface area (Å²) in [4.78, 5) is 24.1. The van der Waals surface area contributed by atoms with Crippen LogP contribution in [-0.4, -0.2) is 64.1 Å². The molecule has 2 N–H and O–H groups in total. The van der Waals surface area contributed by atoms with Crippen LogP contribution in [-0.2, 0) is 11.3 Å². The summed E-state index contributed by atoms with van der Waals surface area (Å²) in [7, 11) is 1.61. The average molecular weight is 380 g/mol. The number of fused-ring (bicyclic) bond motifs is 1. The summed E-state index contributed by atoms with van der Waals surface area (Å²) in [6.45, 7) is 3.80. The molecule has 146 valence electrons. The van der Waals surface area contributed by atoms with Crippen LogP contribution in [0.5, 0.6) is 5.75 Å². The Morgan fingerprint density at radius 3 is 2.75 bits per heavy atom. The molecule has 1 aliphatic heterocycles. The third-order valence-electron chi connectivity index (χ3n) is 5.33. The van der Waals surface area contributed by atoms with E-state index >= 15 is 0 Å². The molecular formula is C21H24N4O3. The van der Waals surface area contributed by atoms with E-state index in [1.165, 1.54) is 0 Å². The van der Waals surface area contributed by atoms with E-state index in [-0.39, 0.29) is 0 Å². The summed E-state index contributed by atoms with van der Waals surface area (Å²) in [5, 5.41) is 10.9. The number of nitrogens with one attached hydrogen (secondary N) is 1. The highest BCUT2D eigenvalue weighted by molar-refractivity contribution is 5.90. The number of methoxy groups -OCH3 is 1. The molecule has 0 spiro atoms. The first-order valence-electron chi connectivity index (χ1n) is 9.40. The monoisotopic (exact) mass is 380 g/mol. The summed E-state index contributed by atoms with van der Waals surface area (Å²) in [5.74, 6) is -0.112. The van der Waals surface area contributed by atoms with Crippen LogP contribution in [0, 0.1) is 0 Å². The van der Waals surface area contributed by atoms with Crippen molar-refractivity contribution in [2.75, 3.05) is 33.3 Å². The summed E-state index contributed by atoms with van der Waals surface area (Å²) in [6, 6.07) is 10.9. The highest BCUT2D eigenvalue weighted by Gasteiger charge is 2.32. The number of carbonyl (C=O) groups is 1. The SMILES string of the molecule is COc1ccc2[nH]cc([C@H](C(=O)O)N3CCN(Cc4ccccn4)CC3)c2c1. The van der Waals surface area contributed by atoms with Crippen molar-refractivity contribution in [3.05, 3.63) is 60.0 Å². The molecule has 7 heteroatoms. The maximum Gasteiger partial charge on any atom is 0.325 e. The van der Waals surface area contributed by atoms with Gasteiger partial charge in [-0.1, -0.05) is 6.07 Å². The predicted molar refractivity (Wildman–Crippen MR) is 106 cm³/mol. The van der Waals surface area contributed by atoms with E-state index in [0.29, 0.717) is 13.1 Å². The van der Waals surface area contributed by atoms with Gasteiger partial charge in [0.1, 0.15) is 11.8 Å². The molecular weight excluding hydrogens is 356 g/mol. The maximum atomic E-state index is 12.2. The molecule has 1 aliphatic rings. The molecule has 0 radical (unpaired) electrons. The Morgan fingerprint density at radius 1 is 1.25 bits per heavy atom. The summed E-state index contributed by atoms with van der Waals surface area (Å²) in [6.07, 6.45) is 3.61. The number of carboxylic acids is 1. The predicted octanol–water partition coefficient (Wildman–Crippen LogP) is 2.52. The van der Waals surface area contributed by atoms with Gasteiger partial charge in [0.05, 0.1) is 12.8 Å². The summed E-state index contributed by atoms with van der Waals surface area (Å²) in [5.41, 5.74) is 2.73. The number of aromatic amines is 1. The number of benzene rings is 1. The topological polar surface area (TPSA) is 81.7 Å². The zero-order valence-corrected chi connectivity index (χ0v) is 15.8. The lowest BCUT2D eigenvalue weighted by Gasteiger charge is -2.37. The first kappa shape index (κ1) is 18.5. The van der Waals surface area contributed by atoms with Crippen molar-refractivity contribution in [3.8, 4) is 5.75 Å². The summed E-state index contributed by atoms with van der Waals surface area (Å²) < 4.78 is 5.32. The van der Waals surface area contributed by atoms with Crippen molar-refractivity contribution in [1.82, 2.24) is 19.8 Å². The van der Waals surface area contributed by atoms with Crippen LogP contribution < -0.4 is 4.74 Å². The van der Waals surface area contributed by atoms with Crippen LogP contribution in [0.2, 0.25) is 0 Å². The van der Waals surface area contributed by atoms with Crippen molar-refractivity contribution >= 4 is 16.9 Å². The van der Waals surface area contributed by atoms with Gasteiger partial charge < -0.3 is 14.8 Å². The van der Waals surface area contributed by atoms with Gasteiger partial charge in [0.25, 0.3) is 0 Å². The Balaban J connectivity index is 1.51. The van der Waals surface area contributed by atoms with Crippen molar-refractivity contribution in [1.29, 1.82) is 0 Å². The Bertz CT molecular complexity index is 949. The zero-order valence-electron chi connectivity index (χ0n) is 15.8. The third kappa shape index (κ3) is 3.72. The fraction of sp³-hybridized carbons (Fsp3) is 0.333. The number of piperazine rings is 1. The molecule has 0 saturated carbocycles. The number of nitrogens with zero attached hydrogens (tertiary/aromatic N) is 3. The lowest BCUT2D eigenvalue weighted by atomic mass is 10.0. The lowest BCUT2D eigenvalue weighted by Crippen LogP contribution is -2.48. The largest absolute Gasteiger partial charge is 0.497 e. The van der Waals surface area contributed by atoms with Crippen LogP contribution in [0.1, 0.15) is 17.3 Å². The molecule has 1 fully saturated rings. The maximum absolute atomic E-state index is 12.2. The van der Waals surface area contributed by atoms with Gasteiger partial charge in [-0.25, -0.2) is 0 Å². The molecule has 3 aromatic rings. The second-order valence-electron chi connectivity index (χ2n) is 7.03. The van der Waals surface area contributed by atoms with E-state index in [9.17, 15) is 9.90 Å². The Kier molecular flexibility index (Phi) is 5.27. The van der Waals surface area contributed by atoms with Gasteiger partial charge in [0, 0.05) is 61.6 Å². The number of aromatic nitrogens is 2. The van der Waals surface area contributed by atoms with Crippen molar-refractivity contribution in [2.24, 2.45) is 0 Å². The molecule has 0 amide bonds. The number of carboxylic acid groups (broad SMARTS) is 1. The Hall–Kier alpha value is -2.90. The molecule has 1 atom stereocenters. The Labute approximate surface area is 163 Å². The molecule has 7 nitrogen and oxygen atoms in total. The minimum absolute atomic E-state index is 0.683. The van der Waals surface area contributed by atoms with E-state index in [0.717, 1.165) is 47.5 Å². The number of pyridine rings is 1. The first-order chi connectivity index (χ1) is 13.7. The molecule has 4 rings (SSSR count). The van der Waals surface area contributed by atoms with Crippen LogP contribution >= 0.6 is 0 Å². The van der Waals surface area contributed by atoms with Gasteiger partial charge in [0.15, 0.2) is 0 Å². The average Bonchev–Trinajstić information content (AvgIpc) is 3.13. The molecule has 28 heavy (non-hydrogen) atoms. The number of hydrogen-bond donors (Lipinski definition) is 2. The number of ether oxygens (including phenoxy) is 1. The highest BCUT2D eigenvalue weighted by atomic mass is 16.5. The van der Waals surface area contributed by atoms with E-state index in [1.54, 1.807) is 13.3 Å². The highest BCUT2D eigenvalue weighted by Crippen LogP contribution is 2.31. The fourth-order valence-electron chi connectivity index (χ4n) is 3.86. The lowest BCUT2D eigenvalue weighted by molar-refractivity contribution is -0.144. The van der Waals surface area contributed by atoms with Crippen LogP contribution in [0.25, 0.3) is 10.9 Å². The molecule has 2 aromatic heterocycles. The van der Waals surface area contributed by atoms with E-state index in [4.69, 9.17) is 4.74 Å². The fourth-order valence-corrected chi connectivity index (χ4v) is 3.86. The molecule has 1 saturated heterocycles. The van der Waals surface area contributed by atoms with Crippen LogP contribution in [0.15, 0.2) is 48.8 Å². The van der Waals surface area contributed by atoms with E-state index in [2.05, 4.69) is 14.9 Å². The molecule has 1 aromatic carbocycles. The quantitative estimate of drug-likeness (QED) is 0.684. The van der Waals surface area contributed by atoms with Gasteiger partial charge in [0.2, 0.25) is 0 Å². The smallest absolute Gasteiger partial charge is 0.325 e. The van der Waals surface area contributed by atoms with Crippen LogP contribution in [0.3, 0.4) is 0 Å². The number of H-pyrrole nitrogens is 1. The standard InChI is InChI=1S/C21H24N4O3/c1-28-16-5-6-19-17(12-16)18(13-23-19)20(21(26)27)25-10-8-24(9-11-25)14-15-4-2-3-7-22-15/h2-7,12-13,20,23H,8-11,14H2,1H3,(H,26,27)/t20-/m1/s1. The molecule has 0 bridgehead atoms. The molecule has 0 unspecified atom stereocenters. The zero-order chi connectivity index (χ0) is 19.5. The van der Waals surface area contributed by atoms with Gasteiger partial charge in [-0.15, -0.1) is 0 Å². The van der Waals surface area contributed by atoms with E-state index in [1.807, 2.05) is 47.5 Å². The number of hydrogen-bond acceptors (Lipinski definition) is 5. The summed E-state index contributed by atoms with van der Waals surface area (Å²) >= 11 is 0. The van der Waals surface area contributed by atoms with Gasteiger partial charge in [-0.2, -0.15) is 0 Å². The molecule has 3 heterocycles. The van der Waals surface area contributed by atoms with Gasteiger partial charge in [-0.05, 0) is 30.3 Å². The normalized spacial score (nSPS) is 16.9. The van der Waals surface area contributed by atoms with Crippen molar-refractivity contribution in [3.63, 3.8) is 0 Å². The third-order valence-corrected chi connectivity index (χ3v) is 5.33. The van der Waals surface area contributed by atoms with Crippen molar-refractivity contribution in [2.45, 2.75) is 12.6 Å². The number of aliphatic carboxylic acids is 1. The molecule has 0 aliphatic carbocycles. The van der Waals surface area contributed by atoms with Gasteiger partial charge >= 0.3 is 5.97 Å². The number of rotatable bonds is 6. The Morgan fingerprint density at radius 2 is 2.07 bits per heavy atom. The first-order valence-corrected chi connectivity index (χ1v) is 9.40. The minimum atomic E-state index is -0.832. The van der Waals surface area contributed by atoms with Crippen molar-refractivity contribution < 1.29 is 14.6 Å². The second kappa shape index (κ2) is 8.00. The second-order valence-corrected chi connectivity index (χ2v) is 7.03. The van der Waals surface area contributed by atoms with E-state index < -0.39 is 12.0 Å².